The summed E-state index contributed by atoms with van der Waals surface area (Å²) < 4.78 is 18.6. The predicted octanol–water partition coefficient (Wildman–Crippen LogP) is 5.94. The van der Waals surface area contributed by atoms with Crippen molar-refractivity contribution in [1.82, 2.24) is 15.1 Å². The molecule has 0 bridgehead atoms. The Morgan fingerprint density at radius 3 is 2.59 bits per heavy atom. The van der Waals surface area contributed by atoms with E-state index < -0.39 is 0 Å². The minimum atomic E-state index is -0.371. The van der Waals surface area contributed by atoms with Gasteiger partial charge in [0.1, 0.15) is 29.6 Å². The predicted molar refractivity (Wildman–Crippen MR) is 170 cm³/mol. The molecule has 224 valence electrons. The summed E-state index contributed by atoms with van der Waals surface area (Å²) in [6.07, 6.45) is 1.56. The van der Waals surface area contributed by atoms with Gasteiger partial charge in [0, 0.05) is 16.7 Å². The van der Waals surface area contributed by atoms with Gasteiger partial charge >= 0.3 is 0 Å². The molecule has 1 aliphatic heterocycles. The Balaban J connectivity index is 1.57. The number of carbonyl (C=O) groups is 2. The number of hydrogen-bond donors (Lipinski definition) is 1. The first-order valence-corrected chi connectivity index (χ1v) is 15.2. The molecule has 1 aliphatic rings. The van der Waals surface area contributed by atoms with Crippen LogP contribution in [0.1, 0.15) is 27.7 Å². The zero-order valence-electron chi connectivity index (χ0n) is 24.7. The molecule has 0 saturated heterocycles. The number of rotatable bonds is 9. The van der Waals surface area contributed by atoms with E-state index in [1.54, 1.807) is 42.2 Å². The van der Waals surface area contributed by atoms with Gasteiger partial charge in [-0.25, -0.2) is 4.68 Å². The second-order valence-electron chi connectivity index (χ2n) is 10.3. The van der Waals surface area contributed by atoms with E-state index in [4.69, 9.17) is 19.0 Å². The number of anilines is 1. The Bertz CT molecular complexity index is 1780. The third kappa shape index (κ3) is 5.80. The first-order chi connectivity index (χ1) is 21.5. The summed E-state index contributed by atoms with van der Waals surface area (Å²) in [5.41, 5.74) is 5.06. The van der Waals surface area contributed by atoms with Gasteiger partial charge in [-0.1, -0.05) is 42.5 Å². The van der Waals surface area contributed by atoms with E-state index in [1.807, 2.05) is 79.7 Å². The van der Waals surface area contributed by atoms with Crippen LogP contribution in [0.15, 0.2) is 95.6 Å². The molecule has 1 N–H and O–H groups in total. The molecule has 9 nitrogen and oxygen atoms in total. The number of hydrogen-bond acceptors (Lipinski definition) is 7. The molecule has 44 heavy (non-hydrogen) atoms. The van der Waals surface area contributed by atoms with E-state index >= 15 is 0 Å². The van der Waals surface area contributed by atoms with Crippen LogP contribution in [0.25, 0.3) is 16.9 Å². The van der Waals surface area contributed by atoms with Gasteiger partial charge in [0.2, 0.25) is 11.8 Å². The molecule has 6 rings (SSSR count). The lowest BCUT2D eigenvalue weighted by atomic mass is 9.98. The molecule has 2 aromatic heterocycles. The van der Waals surface area contributed by atoms with Crippen LogP contribution in [0.4, 0.5) is 5.82 Å². The number of nitrogens with one attached hydrogen (secondary N) is 1. The molecular weight excluding hydrogens is 576 g/mol. The molecule has 3 heterocycles. The summed E-state index contributed by atoms with van der Waals surface area (Å²) in [5, 5.41) is 7.67. The number of benzene rings is 3. The molecule has 10 heteroatoms. The fourth-order valence-electron chi connectivity index (χ4n) is 5.36. The Kier molecular flexibility index (Phi) is 8.42. The normalized spacial score (nSPS) is 14.6. The quantitative estimate of drug-likeness (QED) is 0.221. The maximum absolute atomic E-state index is 14.0. The van der Waals surface area contributed by atoms with Crippen molar-refractivity contribution in [3.63, 3.8) is 0 Å². The van der Waals surface area contributed by atoms with Gasteiger partial charge in [-0.3, -0.25) is 14.5 Å². The fraction of sp³-hybridized carbons (Fsp3) is 0.206. The van der Waals surface area contributed by atoms with Crippen molar-refractivity contribution in [1.29, 1.82) is 0 Å². The standard InChI is InChI=1S/C34H32N4O5S/c1-22-9-7-12-24(17-22)38-34-31(32(36-38)23-10-5-4-6-11-23)33(27-18-25(41-2)14-15-28(27)42-3)44-21-30(40)37(34)20-29(39)35-19-26-13-8-16-43-26/h4-18,33H,19-21H2,1-3H3,(H,35,39). The van der Waals surface area contributed by atoms with Crippen molar-refractivity contribution in [2.75, 3.05) is 31.4 Å². The lowest BCUT2D eigenvalue weighted by molar-refractivity contribution is -0.123. The number of aryl methyl sites for hydroxylation is 1. The van der Waals surface area contributed by atoms with Crippen LogP contribution in [0, 0.1) is 6.92 Å². The summed E-state index contributed by atoms with van der Waals surface area (Å²) in [7, 11) is 3.25. The van der Waals surface area contributed by atoms with Crippen molar-refractivity contribution in [3.8, 4) is 28.4 Å². The fourth-order valence-corrected chi connectivity index (χ4v) is 6.57. The number of amides is 2. The van der Waals surface area contributed by atoms with Gasteiger partial charge in [0.05, 0.1) is 49.4 Å². The molecule has 2 amide bonds. The maximum atomic E-state index is 14.0. The first kappa shape index (κ1) is 29.1. The van der Waals surface area contributed by atoms with Crippen LogP contribution in [-0.4, -0.2) is 48.1 Å². The van der Waals surface area contributed by atoms with Crippen LogP contribution >= 0.6 is 11.8 Å². The maximum Gasteiger partial charge on any atom is 0.240 e. The number of aromatic nitrogens is 2. The van der Waals surface area contributed by atoms with Gasteiger partial charge in [-0.05, 0) is 55.0 Å². The number of fused-ring (bicyclic) bond motifs is 1. The molecule has 1 atom stereocenters. The average Bonchev–Trinajstić information content (AvgIpc) is 3.69. The topological polar surface area (TPSA) is 98.8 Å². The van der Waals surface area contributed by atoms with Crippen LogP contribution in [0.5, 0.6) is 11.5 Å². The van der Waals surface area contributed by atoms with Crippen molar-refractivity contribution >= 4 is 29.4 Å². The van der Waals surface area contributed by atoms with Crippen LogP contribution in [0.2, 0.25) is 0 Å². The number of thioether (sulfide) groups is 1. The molecular formula is C34H32N4O5S. The molecule has 0 saturated carbocycles. The summed E-state index contributed by atoms with van der Waals surface area (Å²) in [6.45, 7) is 2.03. The third-order valence-corrected chi connectivity index (χ3v) is 8.68. The van der Waals surface area contributed by atoms with Gasteiger partial charge in [-0.2, -0.15) is 5.10 Å². The summed E-state index contributed by atoms with van der Waals surface area (Å²) >= 11 is 1.47. The van der Waals surface area contributed by atoms with E-state index in [-0.39, 0.29) is 35.9 Å². The molecule has 0 radical (unpaired) electrons. The smallest absolute Gasteiger partial charge is 0.240 e. The molecule has 3 aromatic carbocycles. The highest BCUT2D eigenvalue weighted by atomic mass is 32.2. The lowest BCUT2D eigenvalue weighted by Crippen LogP contribution is -2.42. The van der Waals surface area contributed by atoms with Gasteiger partial charge in [-0.15, -0.1) is 11.8 Å². The first-order valence-electron chi connectivity index (χ1n) is 14.1. The van der Waals surface area contributed by atoms with Crippen molar-refractivity contribution in [3.05, 3.63) is 114 Å². The van der Waals surface area contributed by atoms with Crippen molar-refractivity contribution in [2.24, 2.45) is 0 Å². The molecule has 1 unspecified atom stereocenters. The molecule has 0 fully saturated rings. The Hall–Kier alpha value is -4.96. The third-order valence-electron chi connectivity index (χ3n) is 7.44. The lowest BCUT2D eigenvalue weighted by Gasteiger charge is -2.23. The van der Waals surface area contributed by atoms with Crippen LogP contribution in [-0.2, 0) is 16.1 Å². The minimum Gasteiger partial charge on any atom is -0.497 e. The van der Waals surface area contributed by atoms with E-state index in [0.717, 1.165) is 27.9 Å². The SMILES string of the molecule is COc1ccc(OC)c(C2SCC(=O)N(CC(=O)NCc3ccco3)c3c2c(-c2ccccc2)nn3-c2cccc(C)c2)c1. The monoisotopic (exact) mass is 608 g/mol. The largest absolute Gasteiger partial charge is 0.497 e. The van der Waals surface area contributed by atoms with E-state index in [9.17, 15) is 9.59 Å². The summed E-state index contributed by atoms with van der Waals surface area (Å²) in [6, 6.07) is 27.0. The minimum absolute atomic E-state index is 0.132. The van der Waals surface area contributed by atoms with E-state index in [0.29, 0.717) is 28.8 Å². The zero-order valence-corrected chi connectivity index (χ0v) is 25.5. The Morgan fingerprint density at radius 2 is 1.86 bits per heavy atom. The number of carbonyl (C=O) groups excluding carboxylic acids is 2. The highest BCUT2D eigenvalue weighted by molar-refractivity contribution is 8.00. The van der Waals surface area contributed by atoms with E-state index in [2.05, 4.69) is 5.32 Å². The summed E-state index contributed by atoms with van der Waals surface area (Å²) in [5.74, 6) is 2.09. The van der Waals surface area contributed by atoms with Crippen LogP contribution in [0.3, 0.4) is 0 Å². The molecule has 5 aromatic rings. The highest BCUT2D eigenvalue weighted by Crippen LogP contribution is 2.51. The second kappa shape index (κ2) is 12.7. The second-order valence-corrected chi connectivity index (χ2v) is 11.4. The number of nitrogens with zero attached hydrogens (tertiary/aromatic N) is 3. The number of ether oxygens (including phenoxy) is 2. The zero-order chi connectivity index (χ0) is 30.6. The van der Waals surface area contributed by atoms with Crippen molar-refractivity contribution in [2.45, 2.75) is 18.7 Å². The average molecular weight is 609 g/mol. The molecule has 0 spiro atoms. The van der Waals surface area contributed by atoms with E-state index in [1.165, 1.54) is 11.8 Å². The Labute approximate surface area is 259 Å². The van der Waals surface area contributed by atoms with Gasteiger partial charge < -0.3 is 19.2 Å². The molecule has 0 aliphatic carbocycles. The number of furan rings is 1. The van der Waals surface area contributed by atoms with Crippen molar-refractivity contribution < 1.29 is 23.5 Å². The highest BCUT2D eigenvalue weighted by Gasteiger charge is 2.38. The van der Waals surface area contributed by atoms with Gasteiger partial charge in [0.15, 0.2) is 0 Å². The number of methoxy groups -OCH3 is 2. The van der Waals surface area contributed by atoms with Crippen LogP contribution < -0.4 is 19.7 Å². The summed E-state index contributed by atoms with van der Waals surface area (Å²) in [4.78, 5) is 28.9. The Morgan fingerprint density at radius 1 is 1.02 bits per heavy atom. The van der Waals surface area contributed by atoms with Gasteiger partial charge in [0.25, 0.3) is 0 Å².